The van der Waals surface area contributed by atoms with Crippen molar-refractivity contribution in [1.82, 2.24) is 10.2 Å². The molecule has 5 nitrogen and oxygen atoms in total. The highest BCUT2D eigenvalue weighted by molar-refractivity contribution is 8.00. The highest BCUT2D eigenvalue weighted by Gasteiger charge is 2.33. The average Bonchev–Trinajstić information content (AvgIpc) is 3.20. The summed E-state index contributed by atoms with van der Waals surface area (Å²) in [7, 11) is 3.41. The molecule has 1 saturated heterocycles. The number of likely N-dealkylation sites (tertiary alicyclic amines) is 1. The Kier molecular flexibility index (Phi) is 8.52. The molecule has 2 aromatic carbocycles. The van der Waals surface area contributed by atoms with Crippen molar-refractivity contribution in [3.8, 4) is 11.8 Å². The average molecular weight is 551 g/mol. The second-order valence-corrected chi connectivity index (χ2v) is 10.7. The SMILES string of the molecule is CNC(=O)c1ccc(NCC#Cc2sc3c(N[C@@H]4CCN(C)C[C@@H]4F)cccc3c2SC(F)(F)F)cc1. The van der Waals surface area contributed by atoms with E-state index in [0.717, 1.165) is 12.2 Å². The summed E-state index contributed by atoms with van der Waals surface area (Å²) in [4.78, 5) is 13.9. The predicted octanol–water partition coefficient (Wildman–Crippen LogP) is 5.79. The normalized spacial score (nSPS) is 18.2. The first-order valence-corrected chi connectivity index (χ1v) is 13.2. The lowest BCUT2D eigenvalue weighted by molar-refractivity contribution is -0.0327. The Balaban J connectivity index is 1.56. The number of hydrogen-bond acceptors (Lipinski definition) is 6. The molecule has 1 aliphatic rings. The van der Waals surface area contributed by atoms with Gasteiger partial charge in [0.15, 0.2) is 0 Å². The van der Waals surface area contributed by atoms with Crippen LogP contribution in [0, 0.1) is 11.8 Å². The van der Waals surface area contributed by atoms with Crippen molar-refractivity contribution in [1.29, 1.82) is 0 Å². The van der Waals surface area contributed by atoms with Gasteiger partial charge in [-0.1, -0.05) is 24.0 Å². The fraction of sp³-hybridized carbons (Fsp3) is 0.346. The van der Waals surface area contributed by atoms with Gasteiger partial charge in [0.1, 0.15) is 6.17 Å². The molecule has 0 spiro atoms. The number of halogens is 4. The molecule has 2 heterocycles. The van der Waals surface area contributed by atoms with Gasteiger partial charge in [-0.25, -0.2) is 4.39 Å². The number of nitrogens with one attached hydrogen (secondary N) is 3. The van der Waals surface area contributed by atoms with Crippen LogP contribution in [0.3, 0.4) is 0 Å². The molecule has 196 valence electrons. The maximum Gasteiger partial charge on any atom is 0.446 e. The van der Waals surface area contributed by atoms with Gasteiger partial charge < -0.3 is 20.9 Å². The van der Waals surface area contributed by atoms with Crippen molar-refractivity contribution in [3.05, 3.63) is 52.9 Å². The Bertz CT molecular complexity index is 1310. The minimum absolute atomic E-state index is 0.0544. The molecule has 0 saturated carbocycles. The largest absolute Gasteiger partial charge is 0.446 e. The third kappa shape index (κ3) is 6.89. The molecular formula is C26H26F4N4OS2. The van der Waals surface area contributed by atoms with Crippen LogP contribution in [0.1, 0.15) is 21.7 Å². The zero-order valence-corrected chi connectivity index (χ0v) is 21.8. The number of thioether (sulfide) groups is 1. The fourth-order valence-electron chi connectivity index (χ4n) is 4.08. The summed E-state index contributed by atoms with van der Waals surface area (Å²) < 4.78 is 55.5. The van der Waals surface area contributed by atoms with Crippen LogP contribution in [0.15, 0.2) is 47.4 Å². The monoisotopic (exact) mass is 550 g/mol. The van der Waals surface area contributed by atoms with Crippen molar-refractivity contribution in [3.63, 3.8) is 0 Å². The number of rotatable bonds is 6. The molecule has 1 fully saturated rings. The number of nitrogens with zero attached hydrogens (tertiary/aromatic N) is 1. The molecule has 1 amide bonds. The minimum atomic E-state index is -4.48. The van der Waals surface area contributed by atoms with Crippen LogP contribution >= 0.6 is 23.1 Å². The Morgan fingerprint density at radius 2 is 1.97 bits per heavy atom. The van der Waals surface area contributed by atoms with Crippen LogP contribution in [0.2, 0.25) is 0 Å². The van der Waals surface area contributed by atoms with Crippen LogP contribution in [0.25, 0.3) is 10.1 Å². The van der Waals surface area contributed by atoms with Crippen LogP contribution in [-0.4, -0.2) is 62.3 Å². The van der Waals surface area contributed by atoms with Crippen molar-refractivity contribution in [2.75, 3.05) is 44.4 Å². The zero-order chi connectivity index (χ0) is 26.6. The second-order valence-electron chi connectivity index (χ2n) is 8.62. The molecule has 1 aliphatic heterocycles. The number of fused-ring (bicyclic) bond motifs is 1. The lowest BCUT2D eigenvalue weighted by Gasteiger charge is -2.33. The first-order chi connectivity index (χ1) is 17.6. The third-order valence-electron chi connectivity index (χ3n) is 5.93. The van der Waals surface area contributed by atoms with Gasteiger partial charge >= 0.3 is 5.51 Å². The van der Waals surface area contributed by atoms with Crippen molar-refractivity contribution in [2.24, 2.45) is 0 Å². The van der Waals surface area contributed by atoms with Crippen LogP contribution < -0.4 is 16.0 Å². The summed E-state index contributed by atoms with van der Waals surface area (Å²) in [6.07, 6.45) is -0.472. The molecule has 3 aromatic rings. The number of thiophene rings is 1. The number of alkyl halides is 4. The van der Waals surface area contributed by atoms with E-state index in [1.54, 1.807) is 49.5 Å². The number of anilines is 2. The molecular weight excluding hydrogens is 524 g/mol. The van der Waals surface area contributed by atoms with Gasteiger partial charge in [-0.15, -0.1) is 11.3 Å². The summed E-state index contributed by atoms with van der Waals surface area (Å²) in [6, 6.07) is 11.5. The lowest BCUT2D eigenvalue weighted by atomic mass is 10.0. The van der Waals surface area contributed by atoms with E-state index in [1.165, 1.54) is 11.3 Å². The number of benzene rings is 2. The first-order valence-electron chi connectivity index (χ1n) is 11.6. The minimum Gasteiger partial charge on any atom is -0.378 e. The van der Waals surface area contributed by atoms with Crippen molar-refractivity contribution >= 4 is 50.5 Å². The van der Waals surface area contributed by atoms with Crippen LogP contribution in [-0.2, 0) is 0 Å². The van der Waals surface area contributed by atoms with Crippen LogP contribution in [0.5, 0.6) is 0 Å². The molecule has 2 atom stereocenters. The molecule has 11 heteroatoms. The third-order valence-corrected chi connectivity index (χ3v) is 8.07. The zero-order valence-electron chi connectivity index (χ0n) is 20.2. The van der Waals surface area contributed by atoms with E-state index in [4.69, 9.17) is 0 Å². The number of carbonyl (C=O) groups is 1. The second kappa shape index (κ2) is 11.6. The lowest BCUT2D eigenvalue weighted by Crippen LogP contribution is -2.46. The fourth-order valence-corrected chi connectivity index (χ4v) is 6.10. The van der Waals surface area contributed by atoms with Gasteiger partial charge in [-0.05, 0) is 55.6 Å². The van der Waals surface area contributed by atoms with Crippen molar-refractivity contribution in [2.45, 2.75) is 29.0 Å². The Morgan fingerprint density at radius 3 is 2.65 bits per heavy atom. The summed E-state index contributed by atoms with van der Waals surface area (Å²) in [5, 5.41) is 9.31. The first kappa shape index (κ1) is 27.1. The Hall–Kier alpha value is -2.94. The summed E-state index contributed by atoms with van der Waals surface area (Å²) in [5.74, 6) is 5.60. The van der Waals surface area contributed by atoms with E-state index >= 15 is 0 Å². The number of carbonyl (C=O) groups excluding carboxylic acids is 1. The molecule has 3 N–H and O–H groups in total. The molecule has 0 unspecified atom stereocenters. The predicted molar refractivity (Wildman–Crippen MR) is 143 cm³/mol. The Labute approximate surface area is 221 Å². The van der Waals surface area contributed by atoms with E-state index in [-0.39, 0.29) is 29.1 Å². The molecule has 0 radical (unpaired) electrons. The smallest absolute Gasteiger partial charge is 0.378 e. The molecule has 4 rings (SSSR count). The number of amides is 1. The highest BCUT2D eigenvalue weighted by atomic mass is 32.2. The molecule has 0 aliphatic carbocycles. The van der Waals surface area contributed by atoms with E-state index in [9.17, 15) is 22.4 Å². The van der Waals surface area contributed by atoms with Gasteiger partial charge in [-0.2, -0.15) is 13.2 Å². The number of piperidine rings is 1. The summed E-state index contributed by atoms with van der Waals surface area (Å²) >= 11 is 0.995. The standard InChI is InChI=1S/C26H26F4N4OS2/c1-31-25(35)16-8-10-17(11-9-16)32-13-4-7-22-24(37-26(28,29)30)18-5-3-6-21(23(18)36-22)33-20-12-14-34(2)15-19(20)27/h3,5-6,8-11,19-20,32-33H,12-15H2,1-2H3,(H,31,35)/t19-,20+/m0/s1. The molecule has 1 aromatic heterocycles. The van der Waals surface area contributed by atoms with Gasteiger partial charge in [-0.3, -0.25) is 4.79 Å². The maximum absolute atomic E-state index is 14.6. The van der Waals surface area contributed by atoms with Gasteiger partial charge in [0.05, 0.1) is 32.7 Å². The van der Waals surface area contributed by atoms with Gasteiger partial charge in [0, 0.05) is 36.8 Å². The molecule has 0 bridgehead atoms. The van der Waals surface area contributed by atoms with Gasteiger partial charge in [0.2, 0.25) is 0 Å². The van der Waals surface area contributed by atoms with E-state index in [2.05, 4.69) is 27.8 Å². The highest BCUT2D eigenvalue weighted by Crippen LogP contribution is 2.47. The molecule has 37 heavy (non-hydrogen) atoms. The quantitative estimate of drug-likeness (QED) is 0.206. The van der Waals surface area contributed by atoms with E-state index in [1.807, 2.05) is 11.9 Å². The summed E-state index contributed by atoms with van der Waals surface area (Å²) in [6.45, 7) is 1.26. The van der Waals surface area contributed by atoms with Crippen molar-refractivity contribution < 1.29 is 22.4 Å². The summed E-state index contributed by atoms with van der Waals surface area (Å²) in [5.41, 5.74) is -2.61. The number of hydrogen-bond donors (Lipinski definition) is 3. The van der Waals surface area contributed by atoms with Crippen LogP contribution in [0.4, 0.5) is 28.9 Å². The van der Waals surface area contributed by atoms with E-state index < -0.39 is 17.7 Å². The van der Waals surface area contributed by atoms with E-state index in [0.29, 0.717) is 39.2 Å². The topological polar surface area (TPSA) is 56.4 Å². The Morgan fingerprint density at radius 1 is 1.22 bits per heavy atom. The van der Waals surface area contributed by atoms with Gasteiger partial charge in [0.25, 0.3) is 5.91 Å². The maximum atomic E-state index is 14.6.